The lowest BCUT2D eigenvalue weighted by Crippen LogP contribution is -2.31. The first-order valence-electron chi connectivity index (χ1n) is 7.55. The predicted molar refractivity (Wildman–Crippen MR) is 80.4 cm³/mol. The highest BCUT2D eigenvalue weighted by Crippen LogP contribution is 2.40. The Morgan fingerprint density at radius 3 is 2.35 bits per heavy atom. The second-order valence-corrected chi connectivity index (χ2v) is 6.34. The van der Waals surface area contributed by atoms with E-state index in [1.807, 2.05) is 13.1 Å². The molecule has 2 rings (SSSR count). The Morgan fingerprint density at radius 2 is 1.85 bits per heavy atom. The molecule has 1 aromatic rings. The van der Waals surface area contributed by atoms with E-state index in [0.717, 1.165) is 17.4 Å². The molecule has 0 bridgehead atoms. The van der Waals surface area contributed by atoms with E-state index in [1.54, 1.807) is 12.1 Å². The zero-order valence-electron chi connectivity index (χ0n) is 12.9. The van der Waals surface area contributed by atoms with Gasteiger partial charge in [-0.15, -0.1) is 0 Å². The molecule has 2 nitrogen and oxygen atoms in total. The minimum Gasteiger partial charge on any atom is -0.494 e. The van der Waals surface area contributed by atoms with Crippen LogP contribution in [0, 0.1) is 23.6 Å². The number of hydrogen-bond acceptors (Lipinski definition) is 2. The number of nitrogens with one attached hydrogen (secondary N) is 1. The Morgan fingerprint density at radius 1 is 1.20 bits per heavy atom. The molecule has 1 saturated carbocycles. The van der Waals surface area contributed by atoms with Crippen molar-refractivity contribution in [2.75, 3.05) is 14.2 Å². The number of benzene rings is 1. The molecule has 0 saturated heterocycles. The lowest BCUT2D eigenvalue weighted by atomic mass is 9.72. The summed E-state index contributed by atoms with van der Waals surface area (Å²) in [4.78, 5) is 0. The Hall–Kier alpha value is -1.09. The first-order valence-corrected chi connectivity index (χ1v) is 7.55. The van der Waals surface area contributed by atoms with Gasteiger partial charge in [-0.2, -0.15) is 0 Å². The Kier molecular flexibility index (Phi) is 5.03. The molecule has 1 aliphatic carbocycles. The van der Waals surface area contributed by atoms with Gasteiger partial charge in [0.25, 0.3) is 0 Å². The van der Waals surface area contributed by atoms with Gasteiger partial charge in [-0.25, -0.2) is 4.39 Å². The topological polar surface area (TPSA) is 21.3 Å². The van der Waals surface area contributed by atoms with E-state index in [9.17, 15) is 4.39 Å². The highest BCUT2D eigenvalue weighted by molar-refractivity contribution is 5.31. The number of methoxy groups -OCH3 is 1. The molecular formula is C17H26FNO. The smallest absolute Gasteiger partial charge is 0.165 e. The summed E-state index contributed by atoms with van der Waals surface area (Å²) in [5, 5.41) is 3.39. The van der Waals surface area contributed by atoms with Crippen molar-refractivity contribution < 1.29 is 9.13 Å². The Balaban J connectivity index is 2.21. The minimum atomic E-state index is -0.276. The maximum absolute atomic E-state index is 13.9. The maximum Gasteiger partial charge on any atom is 0.165 e. The highest BCUT2D eigenvalue weighted by atomic mass is 19.1. The van der Waals surface area contributed by atoms with Crippen molar-refractivity contribution in [3.8, 4) is 5.75 Å². The summed E-state index contributed by atoms with van der Waals surface area (Å²) in [6.45, 7) is 4.65. The van der Waals surface area contributed by atoms with Gasteiger partial charge in [-0.05, 0) is 61.8 Å². The van der Waals surface area contributed by atoms with Crippen molar-refractivity contribution in [2.24, 2.45) is 17.8 Å². The second kappa shape index (κ2) is 6.57. The molecule has 0 heterocycles. The monoisotopic (exact) mass is 279 g/mol. The maximum atomic E-state index is 13.9. The number of rotatable bonds is 4. The van der Waals surface area contributed by atoms with Crippen LogP contribution in [-0.2, 0) is 0 Å². The molecule has 0 aromatic heterocycles. The van der Waals surface area contributed by atoms with Gasteiger partial charge in [0.2, 0.25) is 0 Å². The van der Waals surface area contributed by atoms with E-state index in [-0.39, 0.29) is 11.9 Å². The SMILES string of the molecule is CNC(c1ccc(OC)c(F)c1)C1CC(C)CC(C)C1. The summed E-state index contributed by atoms with van der Waals surface area (Å²) in [5.41, 5.74) is 1.03. The van der Waals surface area contributed by atoms with E-state index < -0.39 is 0 Å². The van der Waals surface area contributed by atoms with Crippen LogP contribution in [0.25, 0.3) is 0 Å². The fourth-order valence-electron chi connectivity index (χ4n) is 3.83. The fraction of sp³-hybridized carbons (Fsp3) is 0.647. The van der Waals surface area contributed by atoms with Crippen LogP contribution in [0.1, 0.15) is 44.7 Å². The van der Waals surface area contributed by atoms with Crippen molar-refractivity contribution in [3.05, 3.63) is 29.6 Å². The molecule has 0 spiro atoms. The summed E-state index contributed by atoms with van der Waals surface area (Å²) in [7, 11) is 3.47. The van der Waals surface area contributed by atoms with Gasteiger partial charge in [0, 0.05) is 6.04 Å². The van der Waals surface area contributed by atoms with Gasteiger partial charge >= 0.3 is 0 Å². The zero-order valence-corrected chi connectivity index (χ0v) is 12.9. The van der Waals surface area contributed by atoms with Crippen LogP contribution >= 0.6 is 0 Å². The third-order valence-corrected chi connectivity index (χ3v) is 4.53. The average molecular weight is 279 g/mol. The van der Waals surface area contributed by atoms with Crippen molar-refractivity contribution >= 4 is 0 Å². The van der Waals surface area contributed by atoms with Gasteiger partial charge in [-0.1, -0.05) is 19.9 Å². The lowest BCUT2D eigenvalue weighted by Gasteiger charge is -2.36. The predicted octanol–water partition coefficient (Wildman–Crippen LogP) is 4.17. The first kappa shape index (κ1) is 15.3. The van der Waals surface area contributed by atoms with Gasteiger partial charge in [0.15, 0.2) is 11.6 Å². The molecule has 1 aliphatic rings. The molecule has 3 unspecified atom stereocenters. The normalized spacial score (nSPS) is 28.1. The summed E-state index contributed by atoms with van der Waals surface area (Å²) >= 11 is 0. The van der Waals surface area contributed by atoms with Gasteiger partial charge in [0.05, 0.1) is 7.11 Å². The van der Waals surface area contributed by atoms with Crippen molar-refractivity contribution in [2.45, 2.75) is 39.2 Å². The van der Waals surface area contributed by atoms with Crippen molar-refractivity contribution in [1.82, 2.24) is 5.32 Å². The molecular weight excluding hydrogens is 253 g/mol. The first-order chi connectivity index (χ1) is 9.55. The van der Waals surface area contributed by atoms with E-state index in [0.29, 0.717) is 11.7 Å². The van der Waals surface area contributed by atoms with E-state index >= 15 is 0 Å². The molecule has 1 N–H and O–H groups in total. The molecule has 112 valence electrons. The molecule has 3 heteroatoms. The molecule has 1 aromatic carbocycles. The van der Waals surface area contributed by atoms with Crippen molar-refractivity contribution in [3.63, 3.8) is 0 Å². The zero-order chi connectivity index (χ0) is 14.7. The summed E-state index contributed by atoms with van der Waals surface area (Å²) in [5.74, 6) is 2.12. The van der Waals surface area contributed by atoms with Gasteiger partial charge in [-0.3, -0.25) is 0 Å². The Bertz CT molecular complexity index is 439. The van der Waals surface area contributed by atoms with E-state index in [4.69, 9.17) is 4.74 Å². The number of ether oxygens (including phenoxy) is 1. The van der Waals surface area contributed by atoms with Crippen LogP contribution in [0.15, 0.2) is 18.2 Å². The summed E-state index contributed by atoms with van der Waals surface area (Å²) < 4.78 is 18.9. The average Bonchev–Trinajstić information content (AvgIpc) is 2.38. The standard InChI is InChI=1S/C17H26FNO/c1-11-7-12(2)9-14(8-11)17(19-3)13-5-6-16(20-4)15(18)10-13/h5-6,10-12,14,17,19H,7-9H2,1-4H3. The number of halogens is 1. The summed E-state index contributed by atoms with van der Waals surface area (Å²) in [6.07, 6.45) is 3.73. The molecule has 20 heavy (non-hydrogen) atoms. The minimum absolute atomic E-state index is 0.223. The third-order valence-electron chi connectivity index (χ3n) is 4.53. The van der Waals surface area contributed by atoms with E-state index in [2.05, 4.69) is 19.2 Å². The number of hydrogen-bond donors (Lipinski definition) is 1. The summed E-state index contributed by atoms with van der Waals surface area (Å²) in [6, 6.07) is 5.54. The molecule has 0 aliphatic heterocycles. The molecule has 0 amide bonds. The van der Waals surface area contributed by atoms with Crippen LogP contribution in [-0.4, -0.2) is 14.2 Å². The van der Waals surface area contributed by atoms with E-state index in [1.165, 1.54) is 26.4 Å². The highest BCUT2D eigenvalue weighted by Gasteiger charge is 2.30. The molecule has 1 fully saturated rings. The Labute approximate surface area is 121 Å². The third kappa shape index (κ3) is 3.32. The van der Waals surface area contributed by atoms with Gasteiger partial charge < -0.3 is 10.1 Å². The molecule has 3 atom stereocenters. The van der Waals surface area contributed by atoms with Crippen LogP contribution < -0.4 is 10.1 Å². The lowest BCUT2D eigenvalue weighted by molar-refractivity contribution is 0.180. The van der Waals surface area contributed by atoms with Crippen LogP contribution in [0.3, 0.4) is 0 Å². The fourth-order valence-corrected chi connectivity index (χ4v) is 3.83. The van der Waals surface area contributed by atoms with Crippen LogP contribution in [0.2, 0.25) is 0 Å². The quantitative estimate of drug-likeness (QED) is 0.893. The second-order valence-electron chi connectivity index (χ2n) is 6.34. The largest absolute Gasteiger partial charge is 0.494 e. The molecule has 0 radical (unpaired) electrons. The van der Waals surface area contributed by atoms with Crippen LogP contribution in [0.4, 0.5) is 4.39 Å². The van der Waals surface area contributed by atoms with Gasteiger partial charge in [0.1, 0.15) is 0 Å². The van der Waals surface area contributed by atoms with Crippen molar-refractivity contribution in [1.29, 1.82) is 0 Å². The van der Waals surface area contributed by atoms with Crippen LogP contribution in [0.5, 0.6) is 5.75 Å².